The number of ether oxygens (including phenoxy) is 1. The highest BCUT2D eigenvalue weighted by Crippen LogP contribution is 2.29. The number of aromatic hydroxyl groups is 1. The molecule has 0 saturated heterocycles. The van der Waals surface area contributed by atoms with Crippen molar-refractivity contribution in [3.05, 3.63) is 23.4 Å². The maximum Gasteiger partial charge on any atom is 0.433 e. The zero-order valence-electron chi connectivity index (χ0n) is 8.21. The lowest BCUT2D eigenvalue weighted by atomic mass is 10.2. The van der Waals surface area contributed by atoms with Gasteiger partial charge in [0, 0.05) is 0 Å². The van der Waals surface area contributed by atoms with Gasteiger partial charge in [-0.3, -0.25) is 0 Å². The van der Waals surface area contributed by atoms with E-state index in [0.717, 1.165) is 6.07 Å². The first-order valence-corrected chi connectivity index (χ1v) is 4.30. The van der Waals surface area contributed by atoms with Crippen molar-refractivity contribution in [1.82, 2.24) is 4.98 Å². The number of pyridine rings is 1. The molecule has 4 nitrogen and oxygen atoms in total. The van der Waals surface area contributed by atoms with Gasteiger partial charge in [-0.05, 0) is 19.1 Å². The summed E-state index contributed by atoms with van der Waals surface area (Å²) in [6.45, 7) is 1.59. The van der Waals surface area contributed by atoms with Gasteiger partial charge in [0.1, 0.15) is 11.3 Å². The molecule has 1 N–H and O–H groups in total. The Hall–Kier alpha value is -1.79. The van der Waals surface area contributed by atoms with Crippen LogP contribution in [0.25, 0.3) is 0 Å². The molecule has 0 saturated carbocycles. The van der Waals surface area contributed by atoms with E-state index < -0.39 is 29.3 Å². The predicted molar refractivity (Wildman–Crippen MR) is 46.9 cm³/mol. The molecule has 0 fully saturated rings. The lowest BCUT2D eigenvalue weighted by Gasteiger charge is -2.08. The Bertz CT molecular complexity index is 403. The summed E-state index contributed by atoms with van der Waals surface area (Å²) >= 11 is 0. The van der Waals surface area contributed by atoms with Gasteiger partial charge in [-0.15, -0.1) is 0 Å². The molecular formula is C9H8F3NO3. The molecule has 0 aliphatic rings. The molecule has 0 aromatic carbocycles. The molecule has 1 aromatic rings. The van der Waals surface area contributed by atoms with Crippen LogP contribution in [0.5, 0.6) is 5.88 Å². The van der Waals surface area contributed by atoms with Crippen LogP contribution >= 0.6 is 0 Å². The summed E-state index contributed by atoms with van der Waals surface area (Å²) in [5.41, 5.74) is -1.66. The fourth-order valence-corrected chi connectivity index (χ4v) is 0.974. The summed E-state index contributed by atoms with van der Waals surface area (Å²) in [4.78, 5) is 14.0. The van der Waals surface area contributed by atoms with Crippen molar-refractivity contribution >= 4 is 5.97 Å². The van der Waals surface area contributed by atoms with Gasteiger partial charge in [-0.25, -0.2) is 9.78 Å². The van der Waals surface area contributed by atoms with Gasteiger partial charge in [0.25, 0.3) is 0 Å². The van der Waals surface area contributed by atoms with Crippen LogP contribution in [0.1, 0.15) is 23.0 Å². The minimum atomic E-state index is -4.66. The third-order valence-electron chi connectivity index (χ3n) is 1.66. The second-order valence-electron chi connectivity index (χ2n) is 2.79. The molecular weight excluding hydrogens is 227 g/mol. The number of hydrogen-bond donors (Lipinski definition) is 1. The molecule has 1 heterocycles. The third kappa shape index (κ3) is 2.62. The smallest absolute Gasteiger partial charge is 0.433 e. The van der Waals surface area contributed by atoms with Crippen LogP contribution in [-0.4, -0.2) is 22.7 Å². The highest BCUT2D eigenvalue weighted by atomic mass is 19.4. The van der Waals surface area contributed by atoms with Gasteiger partial charge >= 0.3 is 12.1 Å². The summed E-state index contributed by atoms with van der Waals surface area (Å²) in [6, 6.07) is 1.43. The summed E-state index contributed by atoms with van der Waals surface area (Å²) in [5.74, 6) is -1.91. The van der Waals surface area contributed by atoms with E-state index in [0.29, 0.717) is 6.07 Å². The zero-order valence-corrected chi connectivity index (χ0v) is 8.21. The number of hydrogen-bond acceptors (Lipinski definition) is 4. The van der Waals surface area contributed by atoms with Gasteiger partial charge < -0.3 is 9.84 Å². The van der Waals surface area contributed by atoms with Gasteiger partial charge in [0.05, 0.1) is 6.61 Å². The minimum Gasteiger partial charge on any atom is -0.493 e. The third-order valence-corrected chi connectivity index (χ3v) is 1.66. The topological polar surface area (TPSA) is 59.4 Å². The van der Waals surface area contributed by atoms with E-state index in [2.05, 4.69) is 9.72 Å². The Balaban J connectivity index is 3.05. The number of carbonyl (C=O) groups is 1. The fourth-order valence-electron chi connectivity index (χ4n) is 0.974. The van der Waals surface area contributed by atoms with E-state index in [4.69, 9.17) is 5.11 Å². The fraction of sp³-hybridized carbons (Fsp3) is 0.333. The van der Waals surface area contributed by atoms with Crippen LogP contribution in [0.4, 0.5) is 13.2 Å². The number of aromatic nitrogens is 1. The number of rotatable bonds is 2. The van der Waals surface area contributed by atoms with E-state index in [1.807, 2.05) is 0 Å². The van der Waals surface area contributed by atoms with Crippen molar-refractivity contribution in [3.8, 4) is 5.88 Å². The highest BCUT2D eigenvalue weighted by Gasteiger charge is 2.33. The van der Waals surface area contributed by atoms with Crippen molar-refractivity contribution in [2.75, 3.05) is 6.61 Å². The quantitative estimate of drug-likeness (QED) is 0.796. The van der Waals surface area contributed by atoms with Crippen LogP contribution in [-0.2, 0) is 10.9 Å². The first kappa shape index (κ1) is 12.3. The number of carbonyl (C=O) groups excluding carboxylic acids is 1. The van der Waals surface area contributed by atoms with E-state index in [9.17, 15) is 18.0 Å². The Labute approximate surface area is 88.7 Å². The monoisotopic (exact) mass is 235 g/mol. The van der Waals surface area contributed by atoms with E-state index >= 15 is 0 Å². The molecule has 1 aromatic heterocycles. The SMILES string of the molecule is CCOC(=O)c1ccc(C(F)(F)F)nc1O. The standard InChI is InChI=1S/C9H8F3NO3/c1-2-16-8(15)5-3-4-6(9(10,11)12)13-7(5)14/h3-4H,2H2,1H3,(H,13,14). The average molecular weight is 235 g/mol. The average Bonchev–Trinajstić information content (AvgIpc) is 2.16. The van der Waals surface area contributed by atoms with Crippen molar-refractivity contribution in [1.29, 1.82) is 0 Å². The molecule has 0 aliphatic heterocycles. The van der Waals surface area contributed by atoms with E-state index in [1.54, 1.807) is 0 Å². The lowest BCUT2D eigenvalue weighted by molar-refractivity contribution is -0.141. The summed E-state index contributed by atoms with van der Waals surface area (Å²) < 4.78 is 41.0. The second-order valence-corrected chi connectivity index (χ2v) is 2.79. The van der Waals surface area contributed by atoms with Crippen LogP contribution < -0.4 is 0 Å². The number of halogens is 3. The van der Waals surface area contributed by atoms with Crippen molar-refractivity contribution in [2.45, 2.75) is 13.1 Å². The summed E-state index contributed by atoms with van der Waals surface area (Å²) in [5, 5.41) is 9.14. The molecule has 88 valence electrons. The molecule has 16 heavy (non-hydrogen) atoms. The first-order chi connectivity index (χ1) is 7.36. The van der Waals surface area contributed by atoms with Crippen molar-refractivity contribution in [2.24, 2.45) is 0 Å². The molecule has 0 bridgehead atoms. The minimum absolute atomic E-state index is 0.0549. The molecule has 0 radical (unpaired) electrons. The van der Waals surface area contributed by atoms with Crippen molar-refractivity contribution < 1.29 is 27.8 Å². The second kappa shape index (κ2) is 4.38. The molecule has 0 unspecified atom stereocenters. The maximum absolute atomic E-state index is 12.2. The van der Waals surface area contributed by atoms with E-state index in [1.165, 1.54) is 6.92 Å². The zero-order chi connectivity index (χ0) is 12.3. The summed E-state index contributed by atoms with van der Waals surface area (Å²) in [7, 11) is 0. The number of esters is 1. The van der Waals surface area contributed by atoms with Crippen LogP contribution in [0, 0.1) is 0 Å². The maximum atomic E-state index is 12.2. The Kier molecular flexibility index (Phi) is 3.36. The Morgan fingerprint density at radius 3 is 2.56 bits per heavy atom. The van der Waals surface area contributed by atoms with Gasteiger partial charge in [-0.1, -0.05) is 0 Å². The van der Waals surface area contributed by atoms with Gasteiger partial charge in [0.15, 0.2) is 0 Å². The molecule has 7 heteroatoms. The van der Waals surface area contributed by atoms with Gasteiger partial charge in [0.2, 0.25) is 5.88 Å². The van der Waals surface area contributed by atoms with Crippen molar-refractivity contribution in [3.63, 3.8) is 0 Å². The predicted octanol–water partition coefficient (Wildman–Crippen LogP) is 1.98. The molecule has 0 amide bonds. The highest BCUT2D eigenvalue weighted by molar-refractivity contribution is 5.91. The van der Waals surface area contributed by atoms with Crippen LogP contribution in [0.15, 0.2) is 12.1 Å². The van der Waals surface area contributed by atoms with E-state index in [-0.39, 0.29) is 6.61 Å². The largest absolute Gasteiger partial charge is 0.493 e. The number of alkyl halides is 3. The molecule has 0 atom stereocenters. The van der Waals surface area contributed by atoms with Crippen LogP contribution in [0.3, 0.4) is 0 Å². The van der Waals surface area contributed by atoms with Gasteiger partial charge in [-0.2, -0.15) is 13.2 Å². The normalized spacial score (nSPS) is 11.2. The molecule has 0 aliphatic carbocycles. The Morgan fingerprint density at radius 1 is 1.50 bits per heavy atom. The first-order valence-electron chi connectivity index (χ1n) is 4.30. The number of nitrogens with zero attached hydrogens (tertiary/aromatic N) is 1. The molecule has 0 spiro atoms. The summed E-state index contributed by atoms with van der Waals surface area (Å²) in [6.07, 6.45) is -4.66. The Morgan fingerprint density at radius 2 is 2.12 bits per heavy atom. The van der Waals surface area contributed by atoms with Crippen LogP contribution in [0.2, 0.25) is 0 Å². The lowest BCUT2D eigenvalue weighted by Crippen LogP contribution is -2.11. The molecule has 1 rings (SSSR count).